The van der Waals surface area contributed by atoms with E-state index in [1.165, 1.54) is 5.56 Å². The van der Waals surface area contributed by atoms with Crippen LogP contribution in [-0.4, -0.2) is 18.1 Å². The summed E-state index contributed by atoms with van der Waals surface area (Å²) in [5.74, 6) is 0.477. The topological polar surface area (TPSA) is 50.4 Å². The normalized spacial score (nSPS) is 10.1. The van der Waals surface area contributed by atoms with Gasteiger partial charge in [0.1, 0.15) is 5.75 Å². The monoisotopic (exact) mass is 440 g/mol. The molecule has 6 heteroatoms. The standard InChI is InChI=1S/C17H17IN2O2S/c1-10-4-6-13(8-11(10)2)19-17(23)20-16(21)12-5-7-15(22-3)14(18)9-12/h4-9H,1-3H3,(H2,19,20,21,23). The molecule has 0 saturated carbocycles. The number of carbonyl (C=O) groups excluding carboxylic acids is 1. The van der Waals surface area contributed by atoms with Gasteiger partial charge in [0.15, 0.2) is 5.11 Å². The van der Waals surface area contributed by atoms with Crippen molar-refractivity contribution in [1.82, 2.24) is 5.32 Å². The number of rotatable bonds is 3. The van der Waals surface area contributed by atoms with Gasteiger partial charge < -0.3 is 10.1 Å². The number of ether oxygens (including phenoxy) is 1. The van der Waals surface area contributed by atoms with Crippen LogP contribution in [0.25, 0.3) is 0 Å². The van der Waals surface area contributed by atoms with E-state index in [0.717, 1.165) is 20.6 Å². The van der Waals surface area contributed by atoms with E-state index in [4.69, 9.17) is 17.0 Å². The first-order valence-electron chi connectivity index (χ1n) is 6.94. The number of aryl methyl sites for hydroxylation is 2. The lowest BCUT2D eigenvalue weighted by atomic mass is 10.1. The summed E-state index contributed by atoms with van der Waals surface area (Å²) in [6.07, 6.45) is 0. The van der Waals surface area contributed by atoms with Crippen molar-refractivity contribution in [3.05, 3.63) is 56.7 Å². The maximum Gasteiger partial charge on any atom is 0.257 e. The third kappa shape index (κ3) is 4.65. The second-order valence-corrected chi connectivity index (χ2v) is 6.63. The molecule has 2 rings (SSSR count). The van der Waals surface area contributed by atoms with Gasteiger partial charge in [0.2, 0.25) is 0 Å². The van der Waals surface area contributed by atoms with Crippen LogP contribution in [0, 0.1) is 17.4 Å². The SMILES string of the molecule is COc1ccc(C(=O)NC(=S)Nc2ccc(C)c(C)c2)cc1I. The molecular formula is C17H17IN2O2S. The summed E-state index contributed by atoms with van der Waals surface area (Å²) in [6.45, 7) is 4.08. The first kappa shape index (κ1) is 17.7. The van der Waals surface area contributed by atoms with Gasteiger partial charge in [-0.1, -0.05) is 6.07 Å². The van der Waals surface area contributed by atoms with Crippen molar-refractivity contribution in [2.45, 2.75) is 13.8 Å². The van der Waals surface area contributed by atoms with Crippen molar-refractivity contribution in [2.75, 3.05) is 12.4 Å². The molecule has 0 bridgehead atoms. The van der Waals surface area contributed by atoms with Crippen LogP contribution in [0.2, 0.25) is 0 Å². The van der Waals surface area contributed by atoms with Gasteiger partial charge in [-0.2, -0.15) is 0 Å². The average Bonchev–Trinajstić information content (AvgIpc) is 2.50. The van der Waals surface area contributed by atoms with Crippen LogP contribution < -0.4 is 15.4 Å². The number of anilines is 1. The highest BCUT2D eigenvalue weighted by Crippen LogP contribution is 2.21. The second-order valence-electron chi connectivity index (χ2n) is 5.06. The number of nitrogens with one attached hydrogen (secondary N) is 2. The van der Waals surface area contributed by atoms with Gasteiger partial charge in [-0.25, -0.2) is 0 Å². The molecule has 0 aromatic heterocycles. The summed E-state index contributed by atoms with van der Waals surface area (Å²) >= 11 is 7.33. The van der Waals surface area contributed by atoms with E-state index in [1.54, 1.807) is 25.3 Å². The van der Waals surface area contributed by atoms with Crippen molar-refractivity contribution in [1.29, 1.82) is 0 Å². The molecule has 23 heavy (non-hydrogen) atoms. The minimum absolute atomic E-state index is 0.257. The molecule has 0 aliphatic carbocycles. The van der Waals surface area contributed by atoms with E-state index in [2.05, 4.69) is 33.2 Å². The van der Waals surface area contributed by atoms with Crippen LogP contribution in [0.4, 0.5) is 5.69 Å². The van der Waals surface area contributed by atoms with Crippen molar-refractivity contribution >= 4 is 51.5 Å². The third-order valence-electron chi connectivity index (χ3n) is 3.41. The molecule has 2 N–H and O–H groups in total. The quantitative estimate of drug-likeness (QED) is 0.559. The summed E-state index contributed by atoms with van der Waals surface area (Å²) in [5.41, 5.74) is 3.74. The summed E-state index contributed by atoms with van der Waals surface area (Å²) in [4.78, 5) is 12.2. The fraction of sp³-hybridized carbons (Fsp3) is 0.176. The lowest BCUT2D eigenvalue weighted by Gasteiger charge is -2.11. The lowest BCUT2D eigenvalue weighted by molar-refractivity contribution is 0.0977. The smallest absolute Gasteiger partial charge is 0.257 e. The number of thiocarbonyl (C=S) groups is 1. The maximum atomic E-state index is 12.2. The molecule has 0 radical (unpaired) electrons. The number of halogens is 1. The Balaban J connectivity index is 2.03. The Morgan fingerprint density at radius 3 is 2.48 bits per heavy atom. The van der Waals surface area contributed by atoms with Gasteiger partial charge in [-0.05, 0) is 90.1 Å². The number of amides is 1. The molecule has 0 unspecified atom stereocenters. The fourth-order valence-electron chi connectivity index (χ4n) is 1.96. The van der Waals surface area contributed by atoms with Crippen LogP contribution in [0.1, 0.15) is 21.5 Å². The predicted molar refractivity (Wildman–Crippen MR) is 105 cm³/mol. The zero-order chi connectivity index (χ0) is 17.0. The van der Waals surface area contributed by atoms with Crippen molar-refractivity contribution in [3.63, 3.8) is 0 Å². The van der Waals surface area contributed by atoms with E-state index in [0.29, 0.717) is 5.56 Å². The van der Waals surface area contributed by atoms with Crippen LogP contribution in [-0.2, 0) is 0 Å². The Labute approximate surface area is 154 Å². The first-order chi connectivity index (χ1) is 10.9. The summed E-state index contributed by atoms with van der Waals surface area (Å²) in [7, 11) is 1.60. The molecule has 0 spiro atoms. The largest absolute Gasteiger partial charge is 0.496 e. The summed E-state index contributed by atoms with van der Waals surface area (Å²) in [5, 5.41) is 5.97. The lowest BCUT2D eigenvalue weighted by Crippen LogP contribution is -2.34. The molecule has 1 amide bonds. The van der Waals surface area contributed by atoms with Crippen LogP contribution >= 0.6 is 34.8 Å². The molecule has 120 valence electrons. The van der Waals surface area contributed by atoms with Gasteiger partial charge in [-0.15, -0.1) is 0 Å². The van der Waals surface area contributed by atoms with Crippen LogP contribution in [0.3, 0.4) is 0 Å². The number of methoxy groups -OCH3 is 1. The Bertz CT molecular complexity index is 762. The highest BCUT2D eigenvalue weighted by atomic mass is 127. The van der Waals surface area contributed by atoms with Crippen molar-refractivity contribution in [3.8, 4) is 5.75 Å². The minimum Gasteiger partial charge on any atom is -0.496 e. The Kier molecular flexibility index (Phi) is 5.95. The molecule has 2 aromatic carbocycles. The molecule has 0 atom stereocenters. The fourth-order valence-corrected chi connectivity index (χ4v) is 2.91. The average molecular weight is 440 g/mol. The number of benzene rings is 2. The molecule has 0 saturated heterocycles. The third-order valence-corrected chi connectivity index (χ3v) is 4.45. The maximum absolute atomic E-state index is 12.2. The van der Waals surface area contributed by atoms with Crippen molar-refractivity contribution in [2.24, 2.45) is 0 Å². The Morgan fingerprint density at radius 1 is 1.13 bits per heavy atom. The zero-order valence-corrected chi connectivity index (χ0v) is 16.0. The predicted octanol–water partition coefficient (Wildman–Crippen LogP) is 4.04. The summed E-state index contributed by atoms with van der Waals surface area (Å²) < 4.78 is 6.05. The summed E-state index contributed by atoms with van der Waals surface area (Å²) in [6, 6.07) is 11.1. The highest BCUT2D eigenvalue weighted by Gasteiger charge is 2.10. The number of hydrogen-bond acceptors (Lipinski definition) is 3. The zero-order valence-electron chi connectivity index (χ0n) is 13.1. The van der Waals surface area contributed by atoms with Crippen LogP contribution in [0.15, 0.2) is 36.4 Å². The molecule has 0 aliphatic rings. The first-order valence-corrected chi connectivity index (χ1v) is 8.42. The molecule has 0 fully saturated rings. The van der Waals surface area contributed by atoms with Crippen molar-refractivity contribution < 1.29 is 9.53 Å². The van der Waals surface area contributed by atoms with E-state index in [-0.39, 0.29) is 11.0 Å². The molecular weight excluding hydrogens is 423 g/mol. The van der Waals surface area contributed by atoms with Crippen LogP contribution in [0.5, 0.6) is 5.75 Å². The number of hydrogen-bond donors (Lipinski definition) is 2. The minimum atomic E-state index is -0.257. The van der Waals surface area contributed by atoms with E-state index in [1.807, 2.05) is 32.0 Å². The molecule has 2 aromatic rings. The van der Waals surface area contributed by atoms with E-state index in [9.17, 15) is 4.79 Å². The Hall–Kier alpha value is -1.67. The number of carbonyl (C=O) groups is 1. The van der Waals surface area contributed by atoms with Gasteiger partial charge in [0, 0.05) is 11.3 Å². The van der Waals surface area contributed by atoms with Gasteiger partial charge in [0.05, 0.1) is 10.7 Å². The molecule has 0 heterocycles. The van der Waals surface area contributed by atoms with E-state index < -0.39 is 0 Å². The van der Waals surface area contributed by atoms with Gasteiger partial charge >= 0.3 is 0 Å². The van der Waals surface area contributed by atoms with Gasteiger partial charge in [0.25, 0.3) is 5.91 Å². The second kappa shape index (κ2) is 7.74. The van der Waals surface area contributed by atoms with Gasteiger partial charge in [-0.3, -0.25) is 10.1 Å². The molecule has 0 aliphatic heterocycles. The van der Waals surface area contributed by atoms with E-state index >= 15 is 0 Å². The highest BCUT2D eigenvalue weighted by molar-refractivity contribution is 14.1. The molecule has 4 nitrogen and oxygen atoms in total. The Morgan fingerprint density at radius 2 is 1.87 bits per heavy atom.